The summed E-state index contributed by atoms with van der Waals surface area (Å²) in [6, 6.07) is 12.4. The van der Waals surface area contributed by atoms with Gasteiger partial charge in [-0.25, -0.2) is 0 Å². The zero-order chi connectivity index (χ0) is 14.7. The molecule has 2 rings (SSSR count). The molecule has 1 N–H and O–H groups in total. The standard InChI is InChI=1S/C17H20ClNO/c1-11-9-16(18)12(2)8-15(11)17(19-3)13-6-5-7-14(10-13)20-4/h5-10,17,19H,1-4H3. The monoisotopic (exact) mass is 289 g/mol. The summed E-state index contributed by atoms with van der Waals surface area (Å²) in [6.45, 7) is 4.12. The summed E-state index contributed by atoms with van der Waals surface area (Å²) in [5.41, 5.74) is 4.69. The van der Waals surface area contributed by atoms with Crippen LogP contribution in [0.25, 0.3) is 0 Å². The second kappa shape index (κ2) is 6.29. The number of hydrogen-bond acceptors (Lipinski definition) is 2. The molecule has 1 atom stereocenters. The van der Waals surface area contributed by atoms with Crippen LogP contribution in [0.15, 0.2) is 36.4 Å². The molecular formula is C17H20ClNO. The smallest absolute Gasteiger partial charge is 0.119 e. The van der Waals surface area contributed by atoms with Gasteiger partial charge in [-0.3, -0.25) is 0 Å². The highest BCUT2D eigenvalue weighted by Crippen LogP contribution is 2.30. The summed E-state index contributed by atoms with van der Waals surface area (Å²) in [5, 5.41) is 4.19. The first-order valence-corrected chi connectivity index (χ1v) is 7.02. The average molecular weight is 290 g/mol. The Morgan fingerprint density at radius 3 is 2.50 bits per heavy atom. The predicted octanol–water partition coefficient (Wildman–Crippen LogP) is 4.27. The Morgan fingerprint density at radius 1 is 1.10 bits per heavy atom. The molecule has 0 radical (unpaired) electrons. The maximum atomic E-state index is 6.19. The Morgan fingerprint density at radius 2 is 1.85 bits per heavy atom. The summed E-state index contributed by atoms with van der Waals surface area (Å²) in [6.07, 6.45) is 0. The van der Waals surface area contributed by atoms with Crippen LogP contribution in [0.3, 0.4) is 0 Å². The van der Waals surface area contributed by atoms with E-state index >= 15 is 0 Å². The van der Waals surface area contributed by atoms with Crippen molar-refractivity contribution in [1.82, 2.24) is 5.32 Å². The van der Waals surface area contributed by atoms with Crippen LogP contribution in [-0.2, 0) is 0 Å². The molecule has 0 amide bonds. The third kappa shape index (κ3) is 2.97. The van der Waals surface area contributed by atoms with Gasteiger partial charge >= 0.3 is 0 Å². The van der Waals surface area contributed by atoms with Crippen LogP contribution in [0, 0.1) is 13.8 Å². The van der Waals surface area contributed by atoms with Crippen molar-refractivity contribution in [3.05, 3.63) is 63.7 Å². The van der Waals surface area contributed by atoms with Crippen LogP contribution in [0.5, 0.6) is 5.75 Å². The first-order valence-electron chi connectivity index (χ1n) is 6.64. The molecule has 20 heavy (non-hydrogen) atoms. The fraction of sp³-hybridized carbons (Fsp3) is 0.294. The van der Waals surface area contributed by atoms with E-state index in [-0.39, 0.29) is 6.04 Å². The average Bonchev–Trinajstić information content (AvgIpc) is 2.45. The number of rotatable bonds is 4. The topological polar surface area (TPSA) is 21.3 Å². The number of nitrogens with one attached hydrogen (secondary N) is 1. The van der Waals surface area contributed by atoms with E-state index < -0.39 is 0 Å². The van der Waals surface area contributed by atoms with Gasteiger partial charge in [0.1, 0.15) is 5.75 Å². The summed E-state index contributed by atoms with van der Waals surface area (Å²) >= 11 is 6.19. The minimum Gasteiger partial charge on any atom is -0.497 e. The minimum atomic E-state index is 0.126. The summed E-state index contributed by atoms with van der Waals surface area (Å²) in [7, 11) is 3.65. The van der Waals surface area contributed by atoms with Gasteiger partial charge in [0.05, 0.1) is 13.2 Å². The lowest BCUT2D eigenvalue weighted by Crippen LogP contribution is -2.19. The molecule has 3 heteroatoms. The lowest BCUT2D eigenvalue weighted by atomic mass is 9.93. The van der Waals surface area contributed by atoms with Crippen LogP contribution in [0.1, 0.15) is 28.3 Å². The molecule has 0 saturated heterocycles. The molecule has 0 fully saturated rings. The van der Waals surface area contributed by atoms with E-state index in [2.05, 4.69) is 30.4 Å². The Balaban J connectivity index is 2.49. The molecular weight excluding hydrogens is 270 g/mol. The number of hydrogen-bond donors (Lipinski definition) is 1. The number of aryl methyl sites for hydroxylation is 2. The third-order valence-corrected chi connectivity index (χ3v) is 3.98. The molecule has 0 aliphatic heterocycles. The molecule has 106 valence electrons. The van der Waals surface area contributed by atoms with Gasteiger partial charge in [0.25, 0.3) is 0 Å². The molecule has 0 aliphatic carbocycles. The van der Waals surface area contributed by atoms with Gasteiger partial charge in [0, 0.05) is 5.02 Å². The molecule has 2 nitrogen and oxygen atoms in total. The number of methoxy groups -OCH3 is 1. The number of ether oxygens (including phenoxy) is 1. The largest absolute Gasteiger partial charge is 0.497 e. The molecule has 0 bridgehead atoms. The fourth-order valence-corrected chi connectivity index (χ4v) is 2.66. The maximum Gasteiger partial charge on any atom is 0.119 e. The van der Waals surface area contributed by atoms with Gasteiger partial charge in [0.15, 0.2) is 0 Å². The highest BCUT2D eigenvalue weighted by molar-refractivity contribution is 6.31. The first kappa shape index (κ1) is 14.9. The van der Waals surface area contributed by atoms with Crippen molar-refractivity contribution in [2.45, 2.75) is 19.9 Å². The third-order valence-electron chi connectivity index (χ3n) is 3.57. The molecule has 0 aromatic heterocycles. The lowest BCUT2D eigenvalue weighted by molar-refractivity contribution is 0.414. The Bertz CT molecular complexity index is 610. The van der Waals surface area contributed by atoms with Crippen molar-refractivity contribution < 1.29 is 4.74 Å². The summed E-state index contributed by atoms with van der Waals surface area (Å²) in [4.78, 5) is 0. The van der Waals surface area contributed by atoms with E-state index in [0.29, 0.717) is 0 Å². The van der Waals surface area contributed by atoms with E-state index in [1.807, 2.05) is 32.2 Å². The zero-order valence-corrected chi connectivity index (χ0v) is 13.1. The maximum absolute atomic E-state index is 6.19. The van der Waals surface area contributed by atoms with Gasteiger partial charge in [-0.1, -0.05) is 29.8 Å². The van der Waals surface area contributed by atoms with E-state index in [4.69, 9.17) is 16.3 Å². The summed E-state index contributed by atoms with van der Waals surface area (Å²) in [5.74, 6) is 0.867. The van der Waals surface area contributed by atoms with Crippen LogP contribution in [0.2, 0.25) is 5.02 Å². The van der Waals surface area contributed by atoms with E-state index in [0.717, 1.165) is 16.3 Å². The van der Waals surface area contributed by atoms with Gasteiger partial charge in [-0.2, -0.15) is 0 Å². The Kier molecular flexibility index (Phi) is 4.69. The van der Waals surface area contributed by atoms with Gasteiger partial charge < -0.3 is 10.1 Å². The lowest BCUT2D eigenvalue weighted by Gasteiger charge is -2.21. The zero-order valence-electron chi connectivity index (χ0n) is 12.3. The molecule has 0 heterocycles. The highest BCUT2D eigenvalue weighted by Gasteiger charge is 2.16. The molecule has 1 unspecified atom stereocenters. The SMILES string of the molecule is CNC(c1cccc(OC)c1)c1cc(C)c(Cl)cc1C. The molecule has 0 spiro atoms. The number of benzene rings is 2. The van der Waals surface area contributed by atoms with E-state index in [1.54, 1.807) is 7.11 Å². The van der Waals surface area contributed by atoms with Crippen molar-refractivity contribution >= 4 is 11.6 Å². The second-order valence-electron chi connectivity index (χ2n) is 4.96. The Labute approximate surface area is 125 Å². The van der Waals surface area contributed by atoms with E-state index in [9.17, 15) is 0 Å². The van der Waals surface area contributed by atoms with Gasteiger partial charge in [0.2, 0.25) is 0 Å². The summed E-state index contributed by atoms with van der Waals surface area (Å²) < 4.78 is 5.31. The number of halogens is 1. The van der Waals surface area contributed by atoms with Crippen molar-refractivity contribution in [2.24, 2.45) is 0 Å². The molecule has 0 aliphatic rings. The van der Waals surface area contributed by atoms with Crippen LogP contribution in [0.4, 0.5) is 0 Å². The van der Waals surface area contributed by atoms with Gasteiger partial charge in [-0.15, -0.1) is 0 Å². The molecule has 2 aromatic rings. The molecule has 0 saturated carbocycles. The normalized spacial score (nSPS) is 12.2. The van der Waals surface area contributed by atoms with Gasteiger partial charge in [-0.05, 0) is 61.3 Å². The van der Waals surface area contributed by atoms with Crippen molar-refractivity contribution in [3.8, 4) is 5.75 Å². The quantitative estimate of drug-likeness (QED) is 0.907. The fourth-order valence-electron chi connectivity index (χ4n) is 2.44. The van der Waals surface area contributed by atoms with Crippen LogP contribution < -0.4 is 10.1 Å². The highest BCUT2D eigenvalue weighted by atomic mass is 35.5. The van der Waals surface area contributed by atoms with Crippen molar-refractivity contribution in [1.29, 1.82) is 0 Å². The van der Waals surface area contributed by atoms with Crippen molar-refractivity contribution in [2.75, 3.05) is 14.2 Å². The van der Waals surface area contributed by atoms with Crippen molar-refractivity contribution in [3.63, 3.8) is 0 Å². The van der Waals surface area contributed by atoms with Crippen LogP contribution >= 0.6 is 11.6 Å². The first-order chi connectivity index (χ1) is 9.56. The minimum absolute atomic E-state index is 0.126. The van der Waals surface area contributed by atoms with Crippen LogP contribution in [-0.4, -0.2) is 14.2 Å². The predicted molar refractivity (Wildman–Crippen MR) is 84.8 cm³/mol. The Hall–Kier alpha value is -1.51. The second-order valence-corrected chi connectivity index (χ2v) is 5.36. The molecule has 2 aromatic carbocycles. The van der Waals surface area contributed by atoms with E-state index in [1.165, 1.54) is 16.7 Å².